The number of nitrogens with zero attached hydrogens (tertiary/aromatic N) is 2. The number of hydrogen-bond donors (Lipinski definition) is 0. The fourth-order valence-corrected chi connectivity index (χ4v) is 3.73. The molecule has 1 saturated heterocycles. The average Bonchev–Trinajstić information content (AvgIpc) is 2.59. The second-order valence-corrected chi connectivity index (χ2v) is 6.75. The number of aromatic nitrogens is 1. The zero-order chi connectivity index (χ0) is 16.2. The van der Waals surface area contributed by atoms with Crippen LogP contribution in [-0.4, -0.2) is 47.8 Å². The van der Waals surface area contributed by atoms with Gasteiger partial charge in [0.05, 0.1) is 24.5 Å². The number of carbonyl (C=O) groups is 1. The van der Waals surface area contributed by atoms with Crippen molar-refractivity contribution in [1.82, 2.24) is 9.88 Å². The van der Waals surface area contributed by atoms with Crippen molar-refractivity contribution in [1.29, 1.82) is 0 Å². The van der Waals surface area contributed by atoms with Gasteiger partial charge in [-0.15, -0.1) is 0 Å². The van der Waals surface area contributed by atoms with Crippen LogP contribution in [0.1, 0.15) is 18.1 Å². The summed E-state index contributed by atoms with van der Waals surface area (Å²) < 4.78 is 5.29. The summed E-state index contributed by atoms with van der Waals surface area (Å²) in [5, 5.41) is 2.15. The van der Waals surface area contributed by atoms with Crippen LogP contribution in [0.3, 0.4) is 0 Å². The van der Waals surface area contributed by atoms with Gasteiger partial charge in [-0.25, -0.2) is 4.98 Å². The van der Waals surface area contributed by atoms with E-state index in [1.165, 1.54) is 16.5 Å². The Morgan fingerprint density at radius 2 is 2.09 bits per heavy atom. The molecule has 0 unspecified atom stereocenters. The first-order valence-corrected chi connectivity index (χ1v) is 9.04. The fourth-order valence-electron chi connectivity index (χ4n) is 2.73. The number of rotatable bonds is 4. The summed E-state index contributed by atoms with van der Waals surface area (Å²) >= 11 is 1.55. The molecule has 1 fully saturated rings. The lowest BCUT2D eigenvalue weighted by Gasteiger charge is -2.26. The third kappa shape index (κ3) is 3.85. The van der Waals surface area contributed by atoms with Crippen LogP contribution in [0.15, 0.2) is 29.3 Å². The van der Waals surface area contributed by atoms with Crippen molar-refractivity contribution >= 4 is 28.6 Å². The highest BCUT2D eigenvalue weighted by atomic mass is 32.2. The van der Waals surface area contributed by atoms with Gasteiger partial charge in [-0.3, -0.25) is 4.79 Å². The Balaban J connectivity index is 1.76. The molecule has 3 rings (SSSR count). The molecule has 0 atom stereocenters. The molecule has 0 radical (unpaired) electrons. The molecule has 0 N–H and O–H groups in total. The molecular weight excluding hydrogens is 308 g/mol. The monoisotopic (exact) mass is 330 g/mol. The van der Waals surface area contributed by atoms with Crippen LogP contribution >= 0.6 is 11.8 Å². The van der Waals surface area contributed by atoms with E-state index in [-0.39, 0.29) is 5.91 Å². The molecule has 1 aliphatic rings. The van der Waals surface area contributed by atoms with Gasteiger partial charge in [0, 0.05) is 18.5 Å². The number of aryl methyl sites for hydroxylation is 2. The fraction of sp³-hybridized carbons (Fsp3) is 0.444. The van der Waals surface area contributed by atoms with Gasteiger partial charge in [0.1, 0.15) is 5.03 Å². The largest absolute Gasteiger partial charge is 0.378 e. The molecule has 0 bridgehead atoms. The van der Waals surface area contributed by atoms with E-state index in [0.29, 0.717) is 32.1 Å². The summed E-state index contributed by atoms with van der Waals surface area (Å²) in [6.07, 6.45) is 0.922. The van der Waals surface area contributed by atoms with E-state index in [0.717, 1.165) is 17.0 Å². The lowest BCUT2D eigenvalue weighted by atomic mass is 10.1. The predicted molar refractivity (Wildman–Crippen MR) is 94.0 cm³/mol. The minimum atomic E-state index is 0.172. The average molecular weight is 330 g/mol. The molecule has 0 saturated carbocycles. The topological polar surface area (TPSA) is 42.4 Å². The molecule has 1 aliphatic heterocycles. The Morgan fingerprint density at radius 1 is 1.30 bits per heavy atom. The highest BCUT2D eigenvalue weighted by Gasteiger charge is 2.17. The van der Waals surface area contributed by atoms with Gasteiger partial charge in [0.15, 0.2) is 0 Å². The first-order chi connectivity index (χ1) is 11.2. The molecule has 2 heterocycles. The van der Waals surface area contributed by atoms with Gasteiger partial charge in [-0.05, 0) is 37.1 Å². The van der Waals surface area contributed by atoms with Crippen molar-refractivity contribution in [2.24, 2.45) is 0 Å². The summed E-state index contributed by atoms with van der Waals surface area (Å²) in [6, 6.07) is 8.50. The van der Waals surface area contributed by atoms with Gasteiger partial charge in [-0.2, -0.15) is 0 Å². The SMILES string of the molecule is CCc1cc2cc(C)ccc2nc1SCC(=O)N1CCOCC1. The minimum Gasteiger partial charge on any atom is -0.378 e. The van der Waals surface area contributed by atoms with Gasteiger partial charge >= 0.3 is 0 Å². The third-order valence-corrected chi connectivity index (χ3v) is 5.10. The molecule has 5 heteroatoms. The number of hydrogen-bond acceptors (Lipinski definition) is 4. The van der Waals surface area contributed by atoms with Gasteiger partial charge in [0.2, 0.25) is 5.91 Å². The Bertz CT molecular complexity index is 711. The van der Waals surface area contributed by atoms with Crippen molar-refractivity contribution in [3.8, 4) is 0 Å². The molecule has 2 aromatic rings. The highest BCUT2D eigenvalue weighted by Crippen LogP contribution is 2.26. The second-order valence-electron chi connectivity index (χ2n) is 5.78. The summed E-state index contributed by atoms with van der Waals surface area (Å²) in [5.41, 5.74) is 3.45. The summed E-state index contributed by atoms with van der Waals surface area (Å²) in [5.74, 6) is 0.614. The highest BCUT2D eigenvalue weighted by molar-refractivity contribution is 7.99. The van der Waals surface area contributed by atoms with Crippen molar-refractivity contribution in [3.63, 3.8) is 0 Å². The number of benzene rings is 1. The van der Waals surface area contributed by atoms with Crippen LogP contribution < -0.4 is 0 Å². The Morgan fingerprint density at radius 3 is 2.83 bits per heavy atom. The number of thioether (sulfide) groups is 1. The Labute approximate surface area is 141 Å². The molecule has 0 spiro atoms. The first kappa shape index (κ1) is 16.3. The molecule has 0 aliphatic carbocycles. The molecule has 1 aromatic heterocycles. The Kier molecular flexibility index (Phi) is 5.18. The molecule has 1 amide bonds. The zero-order valence-corrected chi connectivity index (χ0v) is 14.5. The van der Waals surface area contributed by atoms with Crippen LogP contribution in [0.2, 0.25) is 0 Å². The van der Waals surface area contributed by atoms with E-state index in [4.69, 9.17) is 9.72 Å². The lowest BCUT2D eigenvalue weighted by molar-refractivity contribution is -0.132. The van der Waals surface area contributed by atoms with Crippen molar-refractivity contribution in [2.45, 2.75) is 25.3 Å². The number of carbonyl (C=O) groups excluding carboxylic acids is 1. The number of pyridine rings is 1. The van der Waals surface area contributed by atoms with Crippen LogP contribution in [-0.2, 0) is 16.0 Å². The molecule has 4 nitrogen and oxygen atoms in total. The maximum atomic E-state index is 12.3. The van der Waals surface area contributed by atoms with Gasteiger partial charge in [0.25, 0.3) is 0 Å². The first-order valence-electron chi connectivity index (χ1n) is 8.06. The minimum absolute atomic E-state index is 0.172. The van der Waals surface area contributed by atoms with Crippen LogP contribution in [0.4, 0.5) is 0 Å². The standard InChI is InChI=1S/C18H22N2O2S/c1-3-14-11-15-10-13(2)4-5-16(15)19-18(14)23-12-17(21)20-6-8-22-9-7-20/h4-5,10-11H,3,6-9,12H2,1-2H3. The van der Waals surface area contributed by atoms with E-state index in [1.54, 1.807) is 11.8 Å². The quantitative estimate of drug-likeness (QED) is 0.808. The van der Waals surface area contributed by atoms with E-state index < -0.39 is 0 Å². The van der Waals surface area contributed by atoms with Crippen LogP contribution in [0.5, 0.6) is 0 Å². The van der Waals surface area contributed by atoms with Crippen LogP contribution in [0.25, 0.3) is 10.9 Å². The van der Waals surface area contributed by atoms with E-state index in [2.05, 4.69) is 38.1 Å². The third-order valence-electron chi connectivity index (χ3n) is 4.09. The molecular formula is C18H22N2O2S. The maximum Gasteiger partial charge on any atom is 0.233 e. The van der Waals surface area contributed by atoms with Crippen molar-refractivity contribution < 1.29 is 9.53 Å². The van der Waals surface area contributed by atoms with E-state index in [9.17, 15) is 4.79 Å². The number of fused-ring (bicyclic) bond motifs is 1. The van der Waals surface area contributed by atoms with Gasteiger partial charge in [-0.1, -0.05) is 30.3 Å². The molecule has 1 aromatic carbocycles. The lowest BCUT2D eigenvalue weighted by Crippen LogP contribution is -2.41. The summed E-state index contributed by atoms with van der Waals surface area (Å²) in [4.78, 5) is 19.0. The number of morpholine rings is 1. The van der Waals surface area contributed by atoms with Crippen molar-refractivity contribution in [3.05, 3.63) is 35.4 Å². The van der Waals surface area contributed by atoms with Crippen molar-refractivity contribution in [2.75, 3.05) is 32.1 Å². The second kappa shape index (κ2) is 7.32. The van der Waals surface area contributed by atoms with Crippen LogP contribution in [0, 0.1) is 6.92 Å². The summed E-state index contributed by atoms with van der Waals surface area (Å²) in [7, 11) is 0. The van der Waals surface area contributed by atoms with E-state index in [1.807, 2.05) is 4.90 Å². The number of ether oxygens (including phenoxy) is 1. The maximum absolute atomic E-state index is 12.3. The summed E-state index contributed by atoms with van der Waals surface area (Å²) in [6.45, 7) is 6.91. The molecule has 122 valence electrons. The normalized spacial score (nSPS) is 15.1. The smallest absolute Gasteiger partial charge is 0.233 e. The number of amides is 1. The van der Waals surface area contributed by atoms with Gasteiger partial charge < -0.3 is 9.64 Å². The van der Waals surface area contributed by atoms with E-state index >= 15 is 0 Å². The Hall–Kier alpha value is -1.59. The molecule has 23 heavy (non-hydrogen) atoms. The zero-order valence-electron chi connectivity index (χ0n) is 13.7. The predicted octanol–water partition coefficient (Wildman–Crippen LogP) is 3.06.